The third-order valence-corrected chi connectivity index (χ3v) is 2.59. The summed E-state index contributed by atoms with van der Waals surface area (Å²) in [4.78, 5) is 15.5. The predicted molar refractivity (Wildman–Crippen MR) is 69.9 cm³/mol. The normalized spacial score (nSPS) is 11.2. The molecule has 0 aliphatic heterocycles. The molecule has 102 valence electrons. The molecule has 0 unspecified atom stereocenters. The van der Waals surface area contributed by atoms with E-state index in [9.17, 15) is 4.79 Å². The SMILES string of the molecule is CN(C)CCCN(C)Cc1ccc(C(=O)NN)o1. The number of nitrogen functional groups attached to an aromatic ring is 1. The first-order chi connectivity index (χ1) is 8.52. The van der Waals surface area contributed by atoms with Gasteiger partial charge in [-0.3, -0.25) is 15.1 Å². The zero-order valence-corrected chi connectivity index (χ0v) is 11.3. The molecule has 0 aliphatic carbocycles. The van der Waals surface area contributed by atoms with E-state index in [2.05, 4.69) is 23.9 Å². The molecular formula is C12H22N4O2. The van der Waals surface area contributed by atoms with Gasteiger partial charge in [-0.15, -0.1) is 0 Å². The molecule has 6 heteroatoms. The fraction of sp³-hybridized carbons (Fsp3) is 0.583. The Morgan fingerprint density at radius 1 is 1.33 bits per heavy atom. The molecule has 0 radical (unpaired) electrons. The molecule has 1 rings (SSSR count). The molecule has 0 bridgehead atoms. The number of nitrogens with one attached hydrogen (secondary N) is 1. The van der Waals surface area contributed by atoms with Crippen LogP contribution in [0, 0.1) is 0 Å². The zero-order chi connectivity index (χ0) is 13.5. The molecule has 0 fully saturated rings. The second-order valence-corrected chi connectivity index (χ2v) is 4.63. The number of hydrogen-bond donors (Lipinski definition) is 2. The molecule has 0 spiro atoms. The lowest BCUT2D eigenvalue weighted by Crippen LogP contribution is -2.29. The molecule has 0 saturated carbocycles. The highest BCUT2D eigenvalue weighted by molar-refractivity contribution is 5.90. The van der Waals surface area contributed by atoms with Gasteiger partial charge in [0.2, 0.25) is 0 Å². The average molecular weight is 254 g/mol. The Labute approximate surface area is 108 Å². The van der Waals surface area contributed by atoms with Crippen molar-refractivity contribution >= 4 is 5.91 Å². The number of carbonyl (C=O) groups excluding carboxylic acids is 1. The molecule has 6 nitrogen and oxygen atoms in total. The number of furan rings is 1. The van der Waals surface area contributed by atoms with Gasteiger partial charge < -0.3 is 9.32 Å². The van der Waals surface area contributed by atoms with Crippen LogP contribution in [0.5, 0.6) is 0 Å². The van der Waals surface area contributed by atoms with E-state index >= 15 is 0 Å². The third-order valence-electron chi connectivity index (χ3n) is 2.59. The maximum absolute atomic E-state index is 11.2. The van der Waals surface area contributed by atoms with Crippen molar-refractivity contribution in [3.8, 4) is 0 Å². The lowest BCUT2D eigenvalue weighted by molar-refractivity contribution is 0.0922. The number of hydrazine groups is 1. The van der Waals surface area contributed by atoms with Gasteiger partial charge in [0.25, 0.3) is 0 Å². The minimum Gasteiger partial charge on any atom is -0.455 e. The molecule has 0 saturated heterocycles. The summed E-state index contributed by atoms with van der Waals surface area (Å²) in [6, 6.07) is 3.43. The van der Waals surface area contributed by atoms with Crippen LogP contribution in [0.3, 0.4) is 0 Å². The Morgan fingerprint density at radius 2 is 2.06 bits per heavy atom. The Hall–Kier alpha value is -1.37. The van der Waals surface area contributed by atoms with E-state index in [4.69, 9.17) is 10.3 Å². The molecule has 1 aromatic heterocycles. The van der Waals surface area contributed by atoms with Crippen LogP contribution in [-0.2, 0) is 6.54 Å². The Balaban J connectivity index is 2.37. The smallest absolute Gasteiger partial charge is 0.300 e. The monoisotopic (exact) mass is 254 g/mol. The molecule has 1 aromatic rings. The van der Waals surface area contributed by atoms with Crippen LogP contribution in [0.2, 0.25) is 0 Å². The van der Waals surface area contributed by atoms with Gasteiger partial charge in [-0.2, -0.15) is 0 Å². The van der Waals surface area contributed by atoms with Crippen LogP contribution in [0.1, 0.15) is 22.7 Å². The number of nitrogens with zero attached hydrogens (tertiary/aromatic N) is 2. The topological polar surface area (TPSA) is 74.7 Å². The number of nitrogens with two attached hydrogens (primary N) is 1. The summed E-state index contributed by atoms with van der Waals surface area (Å²) in [5.74, 6) is 5.64. The van der Waals surface area contributed by atoms with Gasteiger partial charge in [0, 0.05) is 0 Å². The van der Waals surface area contributed by atoms with Gasteiger partial charge >= 0.3 is 5.91 Å². The fourth-order valence-corrected chi connectivity index (χ4v) is 1.66. The quantitative estimate of drug-likeness (QED) is 0.415. The third kappa shape index (κ3) is 4.87. The Kier molecular flexibility index (Phi) is 5.84. The van der Waals surface area contributed by atoms with Gasteiger partial charge in [-0.05, 0) is 52.8 Å². The first-order valence-corrected chi connectivity index (χ1v) is 5.96. The summed E-state index contributed by atoms with van der Waals surface area (Å²) in [6.07, 6.45) is 1.10. The van der Waals surface area contributed by atoms with Crippen LogP contribution in [0.15, 0.2) is 16.5 Å². The highest BCUT2D eigenvalue weighted by atomic mass is 16.4. The molecule has 0 atom stereocenters. The van der Waals surface area contributed by atoms with E-state index < -0.39 is 5.91 Å². The summed E-state index contributed by atoms with van der Waals surface area (Å²) in [5, 5.41) is 0. The van der Waals surface area contributed by atoms with Gasteiger partial charge in [0.1, 0.15) is 5.76 Å². The van der Waals surface area contributed by atoms with Crippen molar-refractivity contribution in [1.82, 2.24) is 15.2 Å². The van der Waals surface area contributed by atoms with Crippen LogP contribution in [-0.4, -0.2) is 49.9 Å². The molecule has 1 amide bonds. The van der Waals surface area contributed by atoms with Gasteiger partial charge in [-0.1, -0.05) is 0 Å². The van der Waals surface area contributed by atoms with Crippen LogP contribution in [0.25, 0.3) is 0 Å². The summed E-state index contributed by atoms with van der Waals surface area (Å²) in [5.41, 5.74) is 2.04. The van der Waals surface area contributed by atoms with Gasteiger partial charge in [-0.25, -0.2) is 5.84 Å². The van der Waals surface area contributed by atoms with Crippen molar-refractivity contribution in [1.29, 1.82) is 0 Å². The lowest BCUT2D eigenvalue weighted by Gasteiger charge is -2.16. The van der Waals surface area contributed by atoms with Crippen molar-refractivity contribution in [3.05, 3.63) is 23.7 Å². The second kappa shape index (κ2) is 7.15. The molecule has 0 aromatic carbocycles. The number of carbonyl (C=O) groups is 1. The van der Waals surface area contributed by atoms with E-state index in [0.29, 0.717) is 6.54 Å². The first kappa shape index (κ1) is 14.7. The fourth-order valence-electron chi connectivity index (χ4n) is 1.66. The maximum Gasteiger partial charge on any atom is 0.300 e. The summed E-state index contributed by atoms with van der Waals surface area (Å²) in [7, 11) is 6.15. The summed E-state index contributed by atoms with van der Waals surface area (Å²) >= 11 is 0. The largest absolute Gasteiger partial charge is 0.455 e. The molecule has 1 heterocycles. The minimum absolute atomic E-state index is 0.245. The van der Waals surface area contributed by atoms with E-state index in [1.165, 1.54) is 0 Å². The molecule has 18 heavy (non-hydrogen) atoms. The zero-order valence-electron chi connectivity index (χ0n) is 11.3. The van der Waals surface area contributed by atoms with Crippen LogP contribution in [0.4, 0.5) is 0 Å². The van der Waals surface area contributed by atoms with Crippen molar-refractivity contribution in [2.75, 3.05) is 34.2 Å². The van der Waals surface area contributed by atoms with Crippen LogP contribution < -0.4 is 11.3 Å². The van der Waals surface area contributed by atoms with Crippen molar-refractivity contribution in [2.24, 2.45) is 5.84 Å². The number of hydrogen-bond acceptors (Lipinski definition) is 5. The Bertz CT molecular complexity index is 376. The predicted octanol–water partition coefficient (Wildman–Crippen LogP) is 0.267. The van der Waals surface area contributed by atoms with Crippen LogP contribution >= 0.6 is 0 Å². The lowest BCUT2D eigenvalue weighted by atomic mass is 10.3. The van der Waals surface area contributed by atoms with Crippen molar-refractivity contribution in [2.45, 2.75) is 13.0 Å². The van der Waals surface area contributed by atoms with E-state index in [1.807, 2.05) is 12.5 Å². The van der Waals surface area contributed by atoms with Gasteiger partial charge in [0.05, 0.1) is 6.54 Å². The average Bonchev–Trinajstić information content (AvgIpc) is 2.76. The number of amides is 1. The summed E-state index contributed by atoms with van der Waals surface area (Å²) in [6.45, 7) is 2.73. The van der Waals surface area contributed by atoms with E-state index in [0.717, 1.165) is 25.3 Å². The van der Waals surface area contributed by atoms with Crippen molar-refractivity contribution < 1.29 is 9.21 Å². The maximum atomic E-state index is 11.2. The Morgan fingerprint density at radius 3 is 2.67 bits per heavy atom. The highest BCUT2D eigenvalue weighted by Gasteiger charge is 2.10. The standard InChI is InChI=1S/C12H22N4O2/c1-15(2)7-4-8-16(3)9-10-5-6-11(18-10)12(17)14-13/h5-6H,4,7-9,13H2,1-3H3,(H,14,17). The van der Waals surface area contributed by atoms with Crippen molar-refractivity contribution in [3.63, 3.8) is 0 Å². The number of rotatable bonds is 7. The molecule has 0 aliphatic rings. The highest BCUT2D eigenvalue weighted by Crippen LogP contribution is 2.09. The molecule has 3 N–H and O–H groups in total. The molecular weight excluding hydrogens is 232 g/mol. The van der Waals surface area contributed by atoms with E-state index in [-0.39, 0.29) is 5.76 Å². The first-order valence-electron chi connectivity index (χ1n) is 5.96. The second-order valence-electron chi connectivity index (χ2n) is 4.63. The van der Waals surface area contributed by atoms with Gasteiger partial charge in [0.15, 0.2) is 5.76 Å². The van der Waals surface area contributed by atoms with E-state index in [1.54, 1.807) is 12.1 Å². The minimum atomic E-state index is -0.406. The summed E-state index contributed by atoms with van der Waals surface area (Å²) < 4.78 is 5.39.